The van der Waals surface area contributed by atoms with Gasteiger partial charge < -0.3 is 20.3 Å². The molecule has 1 aliphatic rings. The molecular weight excluding hydrogens is 366 g/mol. The van der Waals surface area contributed by atoms with Crippen molar-refractivity contribution in [2.45, 2.75) is 13.0 Å². The lowest BCUT2D eigenvalue weighted by molar-refractivity contribution is -0.117. The minimum atomic E-state index is -0.250. The predicted molar refractivity (Wildman–Crippen MR) is 105 cm³/mol. The first-order valence-corrected chi connectivity index (χ1v) is 9.13. The number of rotatable bonds is 6. The molecule has 0 aliphatic carbocycles. The highest BCUT2D eigenvalue weighted by molar-refractivity contribution is 6.30. The lowest BCUT2D eigenvalue weighted by Crippen LogP contribution is -2.38. The van der Waals surface area contributed by atoms with E-state index in [0.29, 0.717) is 31.1 Å². The second-order valence-corrected chi connectivity index (χ2v) is 6.90. The molecule has 7 heteroatoms. The number of ether oxygens (including phenoxy) is 1. The zero-order valence-electron chi connectivity index (χ0n) is 15.1. The summed E-state index contributed by atoms with van der Waals surface area (Å²) < 4.78 is 5.14. The van der Waals surface area contributed by atoms with E-state index in [2.05, 4.69) is 10.6 Å². The van der Waals surface area contributed by atoms with Gasteiger partial charge in [0.15, 0.2) is 0 Å². The van der Waals surface area contributed by atoms with Crippen LogP contribution in [-0.4, -0.2) is 32.1 Å². The number of nitrogens with zero attached hydrogens (tertiary/aromatic N) is 1. The molecule has 0 unspecified atom stereocenters. The number of methoxy groups -OCH3 is 1. The van der Waals surface area contributed by atoms with E-state index in [-0.39, 0.29) is 17.9 Å². The molecule has 1 atom stereocenters. The number of hydrogen-bond acceptors (Lipinski definition) is 3. The maximum Gasteiger partial charge on any atom is 0.315 e. The van der Waals surface area contributed by atoms with Crippen LogP contribution in [-0.2, 0) is 11.3 Å². The number of hydrogen-bond donors (Lipinski definition) is 2. The summed E-state index contributed by atoms with van der Waals surface area (Å²) in [5.41, 5.74) is 1.81. The zero-order chi connectivity index (χ0) is 19.2. The van der Waals surface area contributed by atoms with E-state index in [1.807, 2.05) is 36.4 Å². The lowest BCUT2D eigenvalue weighted by Gasteiger charge is -2.17. The zero-order valence-corrected chi connectivity index (χ0v) is 15.8. The number of carbonyl (C=O) groups excluding carboxylic acids is 2. The minimum Gasteiger partial charge on any atom is -0.497 e. The van der Waals surface area contributed by atoms with Crippen molar-refractivity contribution in [2.24, 2.45) is 5.92 Å². The number of nitrogens with one attached hydrogen (secondary N) is 2. The minimum absolute atomic E-state index is 0.0635. The monoisotopic (exact) mass is 387 g/mol. The van der Waals surface area contributed by atoms with Crippen LogP contribution < -0.4 is 20.3 Å². The van der Waals surface area contributed by atoms with E-state index >= 15 is 0 Å². The first-order valence-electron chi connectivity index (χ1n) is 8.75. The van der Waals surface area contributed by atoms with E-state index in [4.69, 9.17) is 16.3 Å². The van der Waals surface area contributed by atoms with Crippen LogP contribution in [0, 0.1) is 5.92 Å². The molecule has 0 spiro atoms. The number of amides is 3. The van der Waals surface area contributed by atoms with Gasteiger partial charge in [0.05, 0.1) is 7.11 Å². The fourth-order valence-corrected chi connectivity index (χ4v) is 3.14. The van der Waals surface area contributed by atoms with Gasteiger partial charge in [-0.15, -0.1) is 0 Å². The average Bonchev–Trinajstić information content (AvgIpc) is 3.06. The third-order valence-electron chi connectivity index (χ3n) is 4.51. The van der Waals surface area contributed by atoms with Crippen molar-refractivity contribution in [3.05, 3.63) is 59.1 Å². The van der Waals surface area contributed by atoms with Crippen LogP contribution >= 0.6 is 11.6 Å². The summed E-state index contributed by atoms with van der Waals surface area (Å²) in [5, 5.41) is 6.31. The summed E-state index contributed by atoms with van der Waals surface area (Å²) in [5.74, 6) is 0.899. The molecule has 0 radical (unpaired) electrons. The maximum absolute atomic E-state index is 12.3. The van der Waals surface area contributed by atoms with Gasteiger partial charge in [0, 0.05) is 42.7 Å². The smallest absolute Gasteiger partial charge is 0.315 e. The van der Waals surface area contributed by atoms with Crippen molar-refractivity contribution in [2.75, 3.05) is 25.1 Å². The van der Waals surface area contributed by atoms with Gasteiger partial charge in [0.25, 0.3) is 0 Å². The molecule has 27 heavy (non-hydrogen) atoms. The first-order chi connectivity index (χ1) is 13.0. The van der Waals surface area contributed by atoms with Crippen LogP contribution in [0.15, 0.2) is 48.5 Å². The number of anilines is 1. The largest absolute Gasteiger partial charge is 0.497 e. The molecule has 3 rings (SSSR count). The van der Waals surface area contributed by atoms with Gasteiger partial charge in [-0.2, -0.15) is 0 Å². The van der Waals surface area contributed by atoms with E-state index in [9.17, 15) is 9.59 Å². The van der Waals surface area contributed by atoms with E-state index < -0.39 is 0 Å². The van der Waals surface area contributed by atoms with Gasteiger partial charge in [-0.3, -0.25) is 4.79 Å². The van der Waals surface area contributed by atoms with Crippen LogP contribution in [0.2, 0.25) is 5.02 Å². The quantitative estimate of drug-likeness (QED) is 0.799. The topological polar surface area (TPSA) is 70.7 Å². The van der Waals surface area contributed by atoms with Crippen molar-refractivity contribution in [1.82, 2.24) is 10.6 Å². The van der Waals surface area contributed by atoms with Crippen LogP contribution in [0.1, 0.15) is 12.0 Å². The molecule has 1 saturated heterocycles. The van der Waals surface area contributed by atoms with E-state index in [0.717, 1.165) is 17.0 Å². The lowest BCUT2D eigenvalue weighted by atomic mass is 10.1. The number of halogens is 1. The summed E-state index contributed by atoms with van der Waals surface area (Å²) >= 11 is 5.84. The highest BCUT2D eigenvalue weighted by atomic mass is 35.5. The summed E-state index contributed by atoms with van der Waals surface area (Å²) in [6.45, 7) is 1.46. The van der Waals surface area contributed by atoms with Gasteiger partial charge in [0.1, 0.15) is 5.75 Å². The molecule has 3 amide bonds. The molecule has 2 aromatic carbocycles. The highest BCUT2D eigenvalue weighted by Crippen LogP contribution is 2.26. The Hall–Kier alpha value is -2.73. The van der Waals surface area contributed by atoms with Gasteiger partial charge in [-0.1, -0.05) is 23.7 Å². The molecule has 6 nitrogen and oxygen atoms in total. The Morgan fingerprint density at radius 3 is 2.52 bits per heavy atom. The number of benzene rings is 2. The summed E-state index contributed by atoms with van der Waals surface area (Å²) in [6.07, 6.45) is 0.420. The fourth-order valence-electron chi connectivity index (χ4n) is 3.01. The number of urea groups is 1. The molecule has 142 valence electrons. The van der Waals surface area contributed by atoms with Gasteiger partial charge in [0.2, 0.25) is 5.91 Å². The Kier molecular flexibility index (Phi) is 6.19. The second kappa shape index (κ2) is 8.77. The Morgan fingerprint density at radius 2 is 1.85 bits per heavy atom. The Bertz CT molecular complexity index is 793. The highest BCUT2D eigenvalue weighted by Gasteiger charge is 2.30. The molecule has 2 aromatic rings. The van der Waals surface area contributed by atoms with Crippen LogP contribution in [0.25, 0.3) is 0 Å². The summed E-state index contributed by atoms with van der Waals surface area (Å²) in [7, 11) is 1.61. The van der Waals surface area contributed by atoms with Gasteiger partial charge in [-0.05, 0) is 42.0 Å². The maximum atomic E-state index is 12.3. The van der Waals surface area contributed by atoms with Gasteiger partial charge >= 0.3 is 6.03 Å². The molecule has 0 saturated carbocycles. The van der Waals surface area contributed by atoms with Crippen LogP contribution in [0.3, 0.4) is 0 Å². The number of carbonyl (C=O) groups is 2. The Labute approximate surface area is 163 Å². The molecule has 2 N–H and O–H groups in total. The van der Waals surface area contributed by atoms with Crippen molar-refractivity contribution in [3.8, 4) is 5.75 Å². The fraction of sp³-hybridized carbons (Fsp3) is 0.300. The SMILES string of the molecule is COc1ccc(N2C[C@H](CNC(=O)NCc3ccc(Cl)cc3)CC2=O)cc1. The van der Waals surface area contributed by atoms with Crippen molar-refractivity contribution in [1.29, 1.82) is 0 Å². The summed E-state index contributed by atoms with van der Waals surface area (Å²) in [4.78, 5) is 26.0. The van der Waals surface area contributed by atoms with Crippen molar-refractivity contribution < 1.29 is 14.3 Å². The normalized spacial score (nSPS) is 16.3. The van der Waals surface area contributed by atoms with E-state index in [1.165, 1.54) is 0 Å². The first kappa shape index (κ1) is 19.0. The molecule has 1 fully saturated rings. The van der Waals surface area contributed by atoms with Crippen molar-refractivity contribution in [3.63, 3.8) is 0 Å². The third kappa shape index (κ3) is 5.14. The molecule has 0 aromatic heterocycles. The van der Waals surface area contributed by atoms with Crippen LogP contribution in [0.5, 0.6) is 5.75 Å². The Morgan fingerprint density at radius 1 is 1.15 bits per heavy atom. The average molecular weight is 388 g/mol. The molecule has 0 bridgehead atoms. The summed E-state index contributed by atoms with van der Waals surface area (Å²) in [6, 6.07) is 14.5. The van der Waals surface area contributed by atoms with Crippen LogP contribution in [0.4, 0.5) is 10.5 Å². The third-order valence-corrected chi connectivity index (χ3v) is 4.76. The molecular formula is C20H22ClN3O3. The molecule has 1 heterocycles. The predicted octanol–water partition coefficient (Wildman–Crippen LogP) is 3.20. The van der Waals surface area contributed by atoms with Gasteiger partial charge in [-0.25, -0.2) is 4.79 Å². The second-order valence-electron chi connectivity index (χ2n) is 6.46. The standard InChI is InChI=1S/C20H22ClN3O3/c1-27-18-8-6-17(7-9-18)24-13-15(10-19(24)25)12-23-20(26)22-11-14-2-4-16(21)5-3-14/h2-9,15H,10-13H2,1H3,(H2,22,23,26)/t15-/m0/s1. The molecule has 1 aliphatic heterocycles. The van der Waals surface area contributed by atoms with E-state index in [1.54, 1.807) is 24.1 Å². The van der Waals surface area contributed by atoms with Crippen molar-refractivity contribution >= 4 is 29.2 Å². The Balaban J connectivity index is 1.45.